The minimum atomic E-state index is -3.31. The van der Waals surface area contributed by atoms with Gasteiger partial charge in [-0.05, 0) is 37.6 Å². The number of anilines is 1. The van der Waals surface area contributed by atoms with Crippen LogP contribution in [-0.4, -0.2) is 39.7 Å². The number of hydrogen-bond acceptors (Lipinski definition) is 4. The van der Waals surface area contributed by atoms with E-state index in [2.05, 4.69) is 15.4 Å². The summed E-state index contributed by atoms with van der Waals surface area (Å²) in [4.78, 5) is 12.0. The Morgan fingerprint density at radius 1 is 1.19 bits per heavy atom. The number of rotatable bonds is 8. The highest BCUT2D eigenvalue weighted by Gasteiger charge is 2.12. The molecule has 1 rings (SSSR count). The number of amides is 1. The fourth-order valence-electron chi connectivity index (χ4n) is 1.92. The van der Waals surface area contributed by atoms with Crippen molar-refractivity contribution in [2.24, 2.45) is 0 Å². The quantitative estimate of drug-likeness (QED) is 0.670. The van der Waals surface area contributed by atoms with Gasteiger partial charge < -0.3 is 10.6 Å². The predicted molar refractivity (Wildman–Crippen MR) is 85.1 cm³/mol. The summed E-state index contributed by atoms with van der Waals surface area (Å²) in [6, 6.07) is 5.47. The summed E-state index contributed by atoms with van der Waals surface area (Å²) >= 11 is 0. The molecule has 0 heterocycles. The smallest absolute Gasteiger partial charge is 0.251 e. The monoisotopic (exact) mass is 313 g/mol. The van der Waals surface area contributed by atoms with Gasteiger partial charge in [0.15, 0.2) is 0 Å². The van der Waals surface area contributed by atoms with Gasteiger partial charge in [-0.25, -0.2) is 13.1 Å². The first kappa shape index (κ1) is 17.5. The van der Waals surface area contributed by atoms with Crippen LogP contribution in [0.1, 0.15) is 29.8 Å². The van der Waals surface area contributed by atoms with E-state index in [-0.39, 0.29) is 18.2 Å². The first-order valence-corrected chi connectivity index (χ1v) is 8.65. The highest BCUT2D eigenvalue weighted by Crippen LogP contribution is 2.14. The van der Waals surface area contributed by atoms with Crippen molar-refractivity contribution in [1.29, 1.82) is 0 Å². The Hall–Kier alpha value is -1.60. The lowest BCUT2D eigenvalue weighted by Crippen LogP contribution is -2.34. The molecule has 7 heteroatoms. The van der Waals surface area contributed by atoms with Crippen LogP contribution < -0.4 is 15.4 Å². The van der Waals surface area contributed by atoms with Crippen LogP contribution in [0.3, 0.4) is 0 Å². The van der Waals surface area contributed by atoms with Gasteiger partial charge in [-0.1, -0.05) is 6.92 Å². The third-order valence-electron chi connectivity index (χ3n) is 2.87. The van der Waals surface area contributed by atoms with Crippen molar-refractivity contribution in [2.45, 2.75) is 20.8 Å². The maximum Gasteiger partial charge on any atom is 0.251 e. The van der Waals surface area contributed by atoms with Crippen LogP contribution in [0.4, 0.5) is 5.69 Å². The minimum Gasteiger partial charge on any atom is -0.385 e. The van der Waals surface area contributed by atoms with E-state index in [1.165, 1.54) is 0 Å². The van der Waals surface area contributed by atoms with Crippen molar-refractivity contribution in [3.63, 3.8) is 0 Å². The largest absolute Gasteiger partial charge is 0.385 e. The van der Waals surface area contributed by atoms with Gasteiger partial charge in [0.2, 0.25) is 10.0 Å². The van der Waals surface area contributed by atoms with Gasteiger partial charge in [0, 0.05) is 30.9 Å². The second kappa shape index (κ2) is 7.99. The molecule has 0 aliphatic rings. The Balaban J connectivity index is 2.60. The normalized spacial score (nSPS) is 11.2. The second-order valence-electron chi connectivity index (χ2n) is 4.63. The molecule has 0 aromatic heterocycles. The fourth-order valence-corrected chi connectivity index (χ4v) is 2.87. The Morgan fingerprint density at radius 2 is 1.90 bits per heavy atom. The van der Waals surface area contributed by atoms with E-state index in [9.17, 15) is 13.2 Å². The zero-order valence-corrected chi connectivity index (χ0v) is 13.5. The number of aryl methyl sites for hydroxylation is 1. The van der Waals surface area contributed by atoms with Gasteiger partial charge >= 0.3 is 0 Å². The molecule has 0 spiro atoms. The molecule has 0 saturated heterocycles. The lowest BCUT2D eigenvalue weighted by molar-refractivity contribution is 0.0955. The average molecular weight is 313 g/mol. The summed E-state index contributed by atoms with van der Waals surface area (Å²) in [5.74, 6) is -0.386. The Labute approximate surface area is 126 Å². The summed E-state index contributed by atoms with van der Waals surface area (Å²) < 4.78 is 25.3. The molecule has 0 unspecified atom stereocenters. The number of carbonyl (C=O) groups is 1. The number of hydrogen-bond donors (Lipinski definition) is 3. The first-order chi connectivity index (χ1) is 9.89. The maximum absolute atomic E-state index is 12.0. The Kier molecular flexibility index (Phi) is 6.64. The molecule has 0 atom stereocenters. The molecule has 1 aromatic rings. The van der Waals surface area contributed by atoms with Crippen molar-refractivity contribution in [3.05, 3.63) is 29.3 Å². The Morgan fingerprint density at radius 3 is 2.48 bits per heavy atom. The predicted octanol–water partition coefficient (Wildman–Crippen LogP) is 1.10. The summed E-state index contributed by atoms with van der Waals surface area (Å²) in [7, 11) is -3.31. The summed E-state index contributed by atoms with van der Waals surface area (Å²) in [5, 5.41) is 5.80. The highest BCUT2D eigenvalue weighted by molar-refractivity contribution is 7.89. The van der Waals surface area contributed by atoms with E-state index >= 15 is 0 Å². The van der Waals surface area contributed by atoms with Crippen molar-refractivity contribution < 1.29 is 13.2 Å². The zero-order chi connectivity index (χ0) is 15.9. The average Bonchev–Trinajstić information content (AvgIpc) is 2.38. The molecule has 6 nitrogen and oxygen atoms in total. The fraction of sp³-hybridized carbons (Fsp3) is 0.500. The van der Waals surface area contributed by atoms with Gasteiger partial charge in [-0.15, -0.1) is 0 Å². The molecule has 0 aliphatic carbocycles. The highest BCUT2D eigenvalue weighted by atomic mass is 32.2. The first-order valence-electron chi connectivity index (χ1n) is 6.99. The number of nitrogens with one attached hydrogen (secondary N) is 3. The van der Waals surface area contributed by atoms with E-state index in [1.54, 1.807) is 13.0 Å². The molecule has 0 saturated carbocycles. The van der Waals surface area contributed by atoms with Crippen molar-refractivity contribution >= 4 is 21.6 Å². The maximum atomic E-state index is 12.0. The standard InChI is InChI=1S/C14H23N3O3S/c1-4-15-12-6-7-13(11(3)10-12)14(18)16-8-9-21(19,20)17-5-2/h6-7,10,15,17H,4-5,8-9H2,1-3H3,(H,16,18). The van der Waals surface area contributed by atoms with Gasteiger partial charge in [-0.2, -0.15) is 0 Å². The molecular formula is C14H23N3O3S. The summed E-state index contributed by atoms with van der Waals surface area (Å²) in [6.45, 7) is 6.81. The molecule has 21 heavy (non-hydrogen) atoms. The lowest BCUT2D eigenvalue weighted by atomic mass is 10.1. The van der Waals surface area contributed by atoms with Crippen molar-refractivity contribution in [2.75, 3.05) is 30.7 Å². The van der Waals surface area contributed by atoms with Crippen LogP contribution >= 0.6 is 0 Å². The third-order valence-corrected chi connectivity index (χ3v) is 4.34. The molecule has 0 bridgehead atoms. The van der Waals surface area contributed by atoms with Crippen molar-refractivity contribution in [1.82, 2.24) is 10.0 Å². The Bertz CT molecular complexity index is 585. The van der Waals surface area contributed by atoms with E-state index in [0.717, 1.165) is 17.8 Å². The lowest BCUT2D eigenvalue weighted by Gasteiger charge is -2.10. The summed E-state index contributed by atoms with van der Waals surface area (Å²) in [5.41, 5.74) is 2.36. The van der Waals surface area contributed by atoms with Crippen LogP contribution in [0.15, 0.2) is 18.2 Å². The van der Waals surface area contributed by atoms with Crippen LogP contribution in [0, 0.1) is 6.92 Å². The molecule has 0 aliphatic heterocycles. The molecule has 3 N–H and O–H groups in total. The van der Waals surface area contributed by atoms with Crippen LogP contribution in [0.25, 0.3) is 0 Å². The van der Waals surface area contributed by atoms with Gasteiger partial charge in [0.05, 0.1) is 5.75 Å². The topological polar surface area (TPSA) is 87.3 Å². The van der Waals surface area contributed by atoms with Gasteiger partial charge in [-0.3, -0.25) is 4.79 Å². The van der Waals surface area contributed by atoms with E-state index in [0.29, 0.717) is 12.1 Å². The zero-order valence-electron chi connectivity index (χ0n) is 12.7. The third kappa shape index (κ3) is 5.73. The summed E-state index contributed by atoms with van der Waals surface area (Å²) in [6.07, 6.45) is 0. The van der Waals surface area contributed by atoms with Gasteiger partial charge in [0.25, 0.3) is 5.91 Å². The van der Waals surface area contributed by atoms with Crippen LogP contribution in [0.2, 0.25) is 0 Å². The second-order valence-corrected chi connectivity index (χ2v) is 6.56. The van der Waals surface area contributed by atoms with Gasteiger partial charge in [0.1, 0.15) is 0 Å². The number of sulfonamides is 1. The van der Waals surface area contributed by atoms with E-state index in [1.807, 2.05) is 26.0 Å². The molecule has 1 amide bonds. The van der Waals surface area contributed by atoms with E-state index < -0.39 is 10.0 Å². The van der Waals surface area contributed by atoms with Crippen molar-refractivity contribution in [3.8, 4) is 0 Å². The number of carbonyl (C=O) groups excluding carboxylic acids is 1. The van der Waals surface area contributed by atoms with E-state index in [4.69, 9.17) is 0 Å². The molecule has 0 radical (unpaired) electrons. The molecule has 1 aromatic carbocycles. The SMILES string of the molecule is CCNc1ccc(C(=O)NCCS(=O)(=O)NCC)c(C)c1. The molecule has 118 valence electrons. The molecule has 0 fully saturated rings. The number of benzene rings is 1. The minimum absolute atomic E-state index is 0.0859. The van der Waals surface area contributed by atoms with Crippen LogP contribution in [-0.2, 0) is 10.0 Å². The molecular weight excluding hydrogens is 290 g/mol. The van der Waals surface area contributed by atoms with Crippen LogP contribution in [0.5, 0.6) is 0 Å².